The molecule has 1 amide bonds. The van der Waals surface area contributed by atoms with Gasteiger partial charge in [-0.25, -0.2) is 5.43 Å². The Morgan fingerprint density at radius 2 is 1.57 bits per heavy atom. The van der Waals surface area contributed by atoms with E-state index >= 15 is 0 Å². The van der Waals surface area contributed by atoms with Crippen LogP contribution in [0.4, 0.5) is 0 Å². The third kappa shape index (κ3) is 4.06. The summed E-state index contributed by atoms with van der Waals surface area (Å²) in [7, 11) is 0. The number of hydrazone groups is 1. The van der Waals surface area contributed by atoms with Gasteiger partial charge in [-0.3, -0.25) is 4.79 Å². The molecular weight excluding hydrogens is 442 g/mol. The van der Waals surface area contributed by atoms with Crippen LogP contribution in [0.2, 0.25) is 0 Å². The van der Waals surface area contributed by atoms with Crippen LogP contribution in [0.25, 0.3) is 5.69 Å². The van der Waals surface area contributed by atoms with Crippen LogP contribution in [0.15, 0.2) is 90.0 Å². The lowest BCUT2D eigenvalue weighted by atomic mass is 9.85. The van der Waals surface area contributed by atoms with Crippen molar-refractivity contribution in [1.29, 1.82) is 0 Å². The van der Waals surface area contributed by atoms with Gasteiger partial charge in [-0.1, -0.05) is 60.7 Å². The predicted octanol–water partition coefficient (Wildman–Crippen LogP) is 4.21. The van der Waals surface area contributed by atoms with Crippen molar-refractivity contribution >= 4 is 12.1 Å². The second kappa shape index (κ2) is 9.12. The number of rotatable bonds is 6. The summed E-state index contributed by atoms with van der Waals surface area (Å²) in [4.78, 5) is 13.2. The molecule has 0 aliphatic carbocycles. The fourth-order valence-corrected chi connectivity index (χ4v) is 4.37. The van der Waals surface area contributed by atoms with Gasteiger partial charge in [0.2, 0.25) is 6.79 Å². The molecule has 5 rings (SSSR count). The number of nitrogens with one attached hydrogen (secondary N) is 1. The maximum atomic E-state index is 13.2. The molecule has 1 aliphatic heterocycles. The van der Waals surface area contributed by atoms with Gasteiger partial charge in [0.25, 0.3) is 5.91 Å². The van der Waals surface area contributed by atoms with E-state index in [0.29, 0.717) is 16.9 Å². The molecule has 0 bridgehead atoms. The second-order valence-corrected chi connectivity index (χ2v) is 8.34. The zero-order valence-corrected chi connectivity index (χ0v) is 19.4. The lowest BCUT2D eigenvalue weighted by Gasteiger charge is -2.27. The van der Waals surface area contributed by atoms with Crippen LogP contribution in [0.1, 0.15) is 28.1 Å². The van der Waals surface area contributed by atoms with E-state index < -0.39 is 11.5 Å². The van der Waals surface area contributed by atoms with Gasteiger partial charge in [-0.15, -0.1) is 0 Å². The summed E-state index contributed by atoms with van der Waals surface area (Å²) in [5, 5.41) is 15.7. The lowest BCUT2D eigenvalue weighted by molar-refractivity contribution is -0.136. The van der Waals surface area contributed by atoms with Crippen molar-refractivity contribution < 1.29 is 19.4 Å². The van der Waals surface area contributed by atoms with E-state index in [0.717, 1.165) is 28.4 Å². The van der Waals surface area contributed by atoms with E-state index in [1.165, 1.54) is 0 Å². The van der Waals surface area contributed by atoms with Gasteiger partial charge >= 0.3 is 0 Å². The first kappa shape index (κ1) is 22.4. The molecule has 176 valence electrons. The number of fused-ring (bicyclic) bond motifs is 1. The molecule has 7 heteroatoms. The largest absolute Gasteiger partial charge is 0.454 e. The smallest absolute Gasteiger partial charge is 0.281 e. The van der Waals surface area contributed by atoms with Crippen LogP contribution in [-0.2, 0) is 10.4 Å². The summed E-state index contributed by atoms with van der Waals surface area (Å²) in [6, 6.07) is 25.4. The van der Waals surface area contributed by atoms with Crippen molar-refractivity contribution in [2.24, 2.45) is 5.10 Å². The minimum atomic E-state index is -1.89. The first-order valence-electron chi connectivity index (χ1n) is 11.2. The topological polar surface area (TPSA) is 85.1 Å². The highest BCUT2D eigenvalue weighted by atomic mass is 16.7. The minimum Gasteiger partial charge on any atom is -0.454 e. The summed E-state index contributed by atoms with van der Waals surface area (Å²) in [5.41, 5.74) is 5.29. The molecule has 1 aliphatic rings. The monoisotopic (exact) mass is 467 g/mol. The Hall–Kier alpha value is -4.36. The standard InChI is InChI=1S/C28H25N3O4/c1-19-15-21(20(2)31(19)24-13-14-25-26(16-24)35-18-34-25)17-29-30-27(32)28(33,22-9-5-3-6-10-22)23-11-7-4-8-12-23/h3-17,33H,18H2,1-2H3,(H,30,32)/b29-17-. The average Bonchev–Trinajstić information content (AvgIpc) is 3.47. The van der Waals surface area contributed by atoms with Crippen molar-refractivity contribution in [3.8, 4) is 17.2 Å². The van der Waals surface area contributed by atoms with Crippen LogP contribution in [0.3, 0.4) is 0 Å². The number of benzene rings is 3. The predicted molar refractivity (Wildman–Crippen MR) is 133 cm³/mol. The van der Waals surface area contributed by atoms with Gasteiger partial charge in [0, 0.05) is 28.7 Å². The number of amides is 1. The molecule has 2 heterocycles. The molecule has 7 nitrogen and oxygen atoms in total. The Labute approximate surface area is 203 Å². The zero-order valence-electron chi connectivity index (χ0n) is 19.4. The van der Waals surface area contributed by atoms with Gasteiger partial charge in [-0.05, 0) is 43.2 Å². The summed E-state index contributed by atoms with van der Waals surface area (Å²) < 4.78 is 13.0. The number of ether oxygens (including phenoxy) is 2. The Kier molecular flexibility index (Phi) is 5.84. The van der Waals surface area contributed by atoms with Crippen LogP contribution in [0.5, 0.6) is 11.5 Å². The molecule has 35 heavy (non-hydrogen) atoms. The van der Waals surface area contributed by atoms with Crippen LogP contribution in [-0.4, -0.2) is 28.6 Å². The van der Waals surface area contributed by atoms with Crippen molar-refractivity contribution in [2.45, 2.75) is 19.4 Å². The number of nitrogens with zero attached hydrogens (tertiary/aromatic N) is 2. The number of aryl methyl sites for hydroxylation is 1. The molecular formula is C28H25N3O4. The lowest BCUT2D eigenvalue weighted by Crippen LogP contribution is -2.43. The molecule has 0 unspecified atom stereocenters. The highest BCUT2D eigenvalue weighted by Gasteiger charge is 2.39. The Morgan fingerprint density at radius 3 is 2.23 bits per heavy atom. The molecule has 0 atom stereocenters. The van der Waals surface area contributed by atoms with E-state index in [1.54, 1.807) is 54.7 Å². The second-order valence-electron chi connectivity index (χ2n) is 8.34. The summed E-state index contributed by atoms with van der Waals surface area (Å²) >= 11 is 0. The zero-order chi connectivity index (χ0) is 24.4. The van der Waals surface area contributed by atoms with Gasteiger partial charge < -0.3 is 19.1 Å². The van der Waals surface area contributed by atoms with E-state index in [4.69, 9.17) is 9.47 Å². The van der Waals surface area contributed by atoms with E-state index in [2.05, 4.69) is 15.1 Å². The molecule has 1 aromatic heterocycles. The van der Waals surface area contributed by atoms with Crippen LogP contribution < -0.4 is 14.9 Å². The average molecular weight is 468 g/mol. The molecule has 0 radical (unpaired) electrons. The van der Waals surface area contributed by atoms with E-state index in [9.17, 15) is 9.90 Å². The van der Waals surface area contributed by atoms with Crippen molar-refractivity contribution in [3.63, 3.8) is 0 Å². The molecule has 0 saturated carbocycles. The minimum absolute atomic E-state index is 0.221. The Bertz CT molecular complexity index is 1360. The SMILES string of the molecule is Cc1cc(/C=N\NC(=O)C(O)(c2ccccc2)c2ccccc2)c(C)n1-c1ccc2c(c1)OCO2. The normalized spacial score (nSPS) is 12.8. The van der Waals surface area contributed by atoms with Gasteiger partial charge in [0.05, 0.1) is 6.21 Å². The number of aromatic nitrogens is 1. The maximum absolute atomic E-state index is 13.2. The summed E-state index contributed by atoms with van der Waals surface area (Å²) in [6.45, 7) is 4.19. The van der Waals surface area contributed by atoms with Crippen molar-refractivity contribution in [3.05, 3.63) is 113 Å². The first-order chi connectivity index (χ1) is 17.0. The summed E-state index contributed by atoms with van der Waals surface area (Å²) in [6.07, 6.45) is 1.58. The Morgan fingerprint density at radius 1 is 0.943 bits per heavy atom. The van der Waals surface area contributed by atoms with Gasteiger partial charge in [0.1, 0.15) is 0 Å². The number of hydrogen-bond donors (Lipinski definition) is 2. The fraction of sp³-hybridized carbons (Fsp3) is 0.143. The highest BCUT2D eigenvalue weighted by Crippen LogP contribution is 2.35. The number of carbonyl (C=O) groups excluding carboxylic acids is 1. The molecule has 0 spiro atoms. The third-order valence-electron chi connectivity index (χ3n) is 6.17. The van der Waals surface area contributed by atoms with Crippen LogP contribution >= 0.6 is 0 Å². The van der Waals surface area contributed by atoms with E-state index in [-0.39, 0.29) is 6.79 Å². The quantitative estimate of drug-likeness (QED) is 0.329. The number of hydrogen-bond acceptors (Lipinski definition) is 5. The molecule has 4 aromatic rings. The molecule has 0 fully saturated rings. The van der Waals surface area contributed by atoms with Gasteiger partial charge in [-0.2, -0.15) is 5.10 Å². The van der Waals surface area contributed by atoms with Crippen molar-refractivity contribution in [2.75, 3.05) is 6.79 Å². The maximum Gasteiger partial charge on any atom is 0.281 e. The van der Waals surface area contributed by atoms with E-state index in [1.807, 2.05) is 50.2 Å². The van der Waals surface area contributed by atoms with Crippen LogP contribution in [0, 0.1) is 13.8 Å². The third-order valence-corrected chi connectivity index (χ3v) is 6.17. The molecule has 0 saturated heterocycles. The van der Waals surface area contributed by atoms with Gasteiger partial charge in [0.15, 0.2) is 17.1 Å². The summed E-state index contributed by atoms with van der Waals surface area (Å²) in [5.74, 6) is 0.791. The molecule has 2 N–H and O–H groups in total. The number of carbonyl (C=O) groups is 1. The number of aliphatic hydroxyl groups is 1. The molecule has 3 aromatic carbocycles. The Balaban J connectivity index is 1.41. The fourth-order valence-electron chi connectivity index (χ4n) is 4.37. The highest BCUT2D eigenvalue weighted by molar-refractivity contribution is 5.91. The van der Waals surface area contributed by atoms with Crippen molar-refractivity contribution in [1.82, 2.24) is 9.99 Å². The first-order valence-corrected chi connectivity index (χ1v) is 11.2.